The van der Waals surface area contributed by atoms with E-state index in [0.29, 0.717) is 23.4 Å². The van der Waals surface area contributed by atoms with Gasteiger partial charge in [0.2, 0.25) is 0 Å². The number of halogens is 1. The summed E-state index contributed by atoms with van der Waals surface area (Å²) < 4.78 is 13.4. The molecule has 2 heterocycles. The van der Waals surface area contributed by atoms with Crippen molar-refractivity contribution < 1.29 is 9.47 Å². The van der Waals surface area contributed by atoms with Gasteiger partial charge in [-0.2, -0.15) is 10.4 Å². The monoisotopic (exact) mass is 319 g/mol. The topological polar surface area (TPSA) is 60.1 Å². The van der Waals surface area contributed by atoms with E-state index in [-0.39, 0.29) is 0 Å². The highest BCUT2D eigenvalue weighted by Gasteiger charge is 2.18. The zero-order chi connectivity index (χ0) is 13.4. The van der Waals surface area contributed by atoms with E-state index in [4.69, 9.17) is 14.7 Å². The maximum atomic E-state index is 8.99. The molecule has 2 aromatic rings. The fourth-order valence-corrected chi connectivity index (χ4v) is 2.73. The molecule has 1 aromatic carbocycles. The Hall–Kier alpha value is -2.00. The quantitative estimate of drug-likeness (QED) is 0.810. The van der Waals surface area contributed by atoms with Gasteiger partial charge in [0.05, 0.1) is 10.2 Å². The van der Waals surface area contributed by atoms with Crippen LogP contribution < -0.4 is 9.47 Å². The van der Waals surface area contributed by atoms with Gasteiger partial charge in [-0.25, -0.2) is 0 Å². The van der Waals surface area contributed by atoms with Crippen molar-refractivity contribution in [2.24, 2.45) is 7.05 Å². The molecule has 0 atom stereocenters. The number of fused-ring (bicyclic) bond motifs is 1. The molecule has 0 unspecified atom stereocenters. The van der Waals surface area contributed by atoms with Gasteiger partial charge in [0.15, 0.2) is 17.2 Å². The van der Waals surface area contributed by atoms with Gasteiger partial charge in [0.1, 0.15) is 19.3 Å². The molecular weight excluding hydrogens is 310 g/mol. The molecule has 96 valence electrons. The van der Waals surface area contributed by atoms with Gasteiger partial charge in [0.25, 0.3) is 0 Å². The number of benzene rings is 1. The van der Waals surface area contributed by atoms with E-state index in [9.17, 15) is 0 Å². The molecule has 0 amide bonds. The van der Waals surface area contributed by atoms with E-state index in [2.05, 4.69) is 27.1 Å². The van der Waals surface area contributed by atoms with Gasteiger partial charge in [-0.1, -0.05) is 0 Å². The summed E-state index contributed by atoms with van der Waals surface area (Å²) in [7, 11) is 1.80. The number of aryl methyl sites for hydroxylation is 1. The van der Waals surface area contributed by atoms with Gasteiger partial charge in [-0.3, -0.25) is 4.68 Å². The van der Waals surface area contributed by atoms with Gasteiger partial charge in [0, 0.05) is 12.6 Å². The van der Waals surface area contributed by atoms with Crippen molar-refractivity contribution >= 4 is 15.9 Å². The van der Waals surface area contributed by atoms with Crippen LogP contribution in [0.2, 0.25) is 0 Å². The van der Waals surface area contributed by atoms with Crippen LogP contribution in [0.1, 0.15) is 5.69 Å². The smallest absolute Gasteiger partial charge is 0.177 e. The van der Waals surface area contributed by atoms with Gasteiger partial charge < -0.3 is 9.47 Å². The average Bonchev–Trinajstić information content (AvgIpc) is 2.73. The van der Waals surface area contributed by atoms with E-state index in [1.54, 1.807) is 11.7 Å². The first-order valence-corrected chi connectivity index (χ1v) is 6.52. The summed E-state index contributed by atoms with van der Waals surface area (Å²) in [5.74, 6) is 1.46. The molecule has 1 aliphatic heterocycles. The lowest BCUT2D eigenvalue weighted by molar-refractivity contribution is 0.171. The third kappa shape index (κ3) is 1.96. The van der Waals surface area contributed by atoms with E-state index in [0.717, 1.165) is 22.8 Å². The first-order valence-electron chi connectivity index (χ1n) is 5.73. The molecule has 0 aliphatic carbocycles. The Labute approximate surface area is 118 Å². The van der Waals surface area contributed by atoms with Crippen molar-refractivity contribution in [3.63, 3.8) is 0 Å². The number of ether oxygens (including phenoxy) is 2. The van der Waals surface area contributed by atoms with E-state index < -0.39 is 0 Å². The summed E-state index contributed by atoms with van der Waals surface area (Å²) in [6.45, 7) is 1.12. The van der Waals surface area contributed by atoms with Crippen LogP contribution in [-0.4, -0.2) is 23.0 Å². The van der Waals surface area contributed by atoms with Crippen molar-refractivity contribution in [1.82, 2.24) is 9.78 Å². The second kappa shape index (κ2) is 4.59. The molecule has 0 saturated heterocycles. The molecule has 1 aromatic heterocycles. The van der Waals surface area contributed by atoms with Crippen molar-refractivity contribution in [3.05, 3.63) is 28.4 Å². The number of rotatable bonds is 1. The summed E-state index contributed by atoms with van der Waals surface area (Å²) >= 11 is 3.42. The minimum atomic E-state index is 0.368. The molecule has 1 aliphatic rings. The first-order chi connectivity index (χ1) is 9.20. The third-order valence-corrected chi connectivity index (χ3v) is 3.66. The molecule has 6 heteroatoms. The minimum Gasteiger partial charge on any atom is -0.486 e. The van der Waals surface area contributed by atoms with Gasteiger partial charge in [-0.15, -0.1) is 0 Å². The normalized spacial score (nSPS) is 13.1. The van der Waals surface area contributed by atoms with Crippen LogP contribution in [-0.2, 0) is 7.05 Å². The standard InChI is InChI=1S/C13H10BrN3O2/c1-17-13(12(14)9(7-15)16-17)8-2-3-10-11(6-8)19-5-4-18-10/h2-3,6H,4-5H2,1H3. The summed E-state index contributed by atoms with van der Waals surface area (Å²) in [5.41, 5.74) is 2.13. The highest BCUT2D eigenvalue weighted by molar-refractivity contribution is 9.10. The van der Waals surface area contributed by atoms with Crippen molar-refractivity contribution in [2.45, 2.75) is 0 Å². The summed E-state index contributed by atoms with van der Waals surface area (Å²) in [4.78, 5) is 0. The largest absolute Gasteiger partial charge is 0.486 e. The zero-order valence-corrected chi connectivity index (χ0v) is 11.8. The van der Waals surface area contributed by atoms with Crippen LogP contribution >= 0.6 is 15.9 Å². The predicted octanol–water partition coefficient (Wildman–Crippen LogP) is 2.49. The molecule has 0 bridgehead atoms. The summed E-state index contributed by atoms with van der Waals surface area (Å²) in [6.07, 6.45) is 0. The Bertz CT molecular complexity index is 688. The maximum absolute atomic E-state index is 8.99. The van der Waals surface area contributed by atoms with Crippen LogP contribution in [0.15, 0.2) is 22.7 Å². The molecule has 5 nitrogen and oxygen atoms in total. The number of hydrogen-bond donors (Lipinski definition) is 0. The van der Waals surface area contributed by atoms with Crippen molar-refractivity contribution in [2.75, 3.05) is 13.2 Å². The Morgan fingerprint density at radius 3 is 2.74 bits per heavy atom. The second-order valence-corrected chi connectivity index (χ2v) is 4.90. The molecule has 0 N–H and O–H groups in total. The first kappa shape index (κ1) is 12.1. The lowest BCUT2D eigenvalue weighted by Gasteiger charge is -2.19. The lowest BCUT2D eigenvalue weighted by atomic mass is 10.1. The van der Waals surface area contributed by atoms with E-state index >= 15 is 0 Å². The molecule has 0 radical (unpaired) electrons. The number of aromatic nitrogens is 2. The van der Waals surface area contributed by atoms with Crippen LogP contribution in [0.4, 0.5) is 0 Å². The van der Waals surface area contributed by atoms with Crippen LogP contribution in [0.25, 0.3) is 11.3 Å². The van der Waals surface area contributed by atoms with E-state index in [1.165, 1.54) is 0 Å². The molecule has 0 spiro atoms. The van der Waals surface area contributed by atoms with Crippen molar-refractivity contribution in [3.8, 4) is 28.8 Å². The fraction of sp³-hybridized carbons (Fsp3) is 0.231. The minimum absolute atomic E-state index is 0.368. The fourth-order valence-electron chi connectivity index (χ4n) is 2.07. The maximum Gasteiger partial charge on any atom is 0.177 e. The Kier molecular flexibility index (Phi) is 2.91. The SMILES string of the molecule is Cn1nc(C#N)c(Br)c1-c1ccc2c(c1)OCCO2. The predicted molar refractivity (Wildman–Crippen MR) is 72.0 cm³/mol. The zero-order valence-electron chi connectivity index (χ0n) is 10.2. The highest BCUT2D eigenvalue weighted by Crippen LogP contribution is 2.37. The van der Waals surface area contributed by atoms with Gasteiger partial charge in [-0.05, 0) is 34.1 Å². The third-order valence-electron chi connectivity index (χ3n) is 2.91. The lowest BCUT2D eigenvalue weighted by Crippen LogP contribution is -2.15. The van der Waals surface area contributed by atoms with Crippen LogP contribution in [0, 0.1) is 11.3 Å². The average molecular weight is 320 g/mol. The van der Waals surface area contributed by atoms with Gasteiger partial charge >= 0.3 is 0 Å². The number of hydrogen-bond acceptors (Lipinski definition) is 4. The second-order valence-electron chi connectivity index (χ2n) is 4.11. The number of nitrogens with zero attached hydrogens (tertiary/aromatic N) is 3. The molecular formula is C13H10BrN3O2. The molecule has 0 saturated carbocycles. The van der Waals surface area contributed by atoms with Crippen LogP contribution in [0.5, 0.6) is 11.5 Å². The Balaban J connectivity index is 2.13. The Morgan fingerprint density at radius 2 is 2.05 bits per heavy atom. The summed E-state index contributed by atoms with van der Waals surface area (Å²) in [6, 6.07) is 7.75. The highest BCUT2D eigenvalue weighted by atomic mass is 79.9. The van der Waals surface area contributed by atoms with Crippen molar-refractivity contribution in [1.29, 1.82) is 5.26 Å². The summed E-state index contributed by atoms with van der Waals surface area (Å²) in [5, 5.41) is 13.1. The Morgan fingerprint density at radius 1 is 1.32 bits per heavy atom. The van der Waals surface area contributed by atoms with Crippen LogP contribution in [0.3, 0.4) is 0 Å². The molecule has 0 fully saturated rings. The molecule has 3 rings (SSSR count). The number of nitriles is 1. The molecule has 19 heavy (non-hydrogen) atoms. The van der Waals surface area contributed by atoms with E-state index in [1.807, 2.05) is 18.2 Å².